The fourth-order valence-corrected chi connectivity index (χ4v) is 4.87. The van der Waals surface area contributed by atoms with Crippen LogP contribution in [0.1, 0.15) is 42.7 Å². The van der Waals surface area contributed by atoms with E-state index in [9.17, 15) is 28.2 Å². The van der Waals surface area contributed by atoms with Crippen molar-refractivity contribution in [2.45, 2.75) is 62.8 Å². The Morgan fingerprint density at radius 1 is 1.16 bits per heavy atom. The molecule has 0 bridgehead atoms. The van der Waals surface area contributed by atoms with Crippen LogP contribution in [0.4, 0.5) is 13.2 Å². The van der Waals surface area contributed by atoms with E-state index in [0.29, 0.717) is 36.8 Å². The second-order valence-electron chi connectivity index (χ2n) is 10.7. The largest absolute Gasteiger partial charge is 0.417 e. The summed E-state index contributed by atoms with van der Waals surface area (Å²) in [4.78, 5) is 23.7. The maximum absolute atomic E-state index is 13.2. The van der Waals surface area contributed by atoms with Crippen molar-refractivity contribution in [1.29, 1.82) is 0 Å². The third-order valence-electron chi connectivity index (χ3n) is 7.00. The highest BCUT2D eigenvalue weighted by atomic mass is 19.4. The van der Waals surface area contributed by atoms with E-state index in [4.69, 9.17) is 4.74 Å². The summed E-state index contributed by atoms with van der Waals surface area (Å²) < 4.78 is 46.4. The molecule has 0 aromatic carbocycles. The third-order valence-corrected chi connectivity index (χ3v) is 7.00. The maximum Gasteiger partial charge on any atom is 0.417 e. The topological polar surface area (TPSA) is 113 Å². The Kier molecular flexibility index (Phi) is 6.93. The Morgan fingerprint density at radius 3 is 2.55 bits per heavy atom. The molecule has 12 heteroatoms. The Bertz CT molecular complexity index is 1300. The highest BCUT2D eigenvalue weighted by Crippen LogP contribution is 2.31. The normalized spacial score (nSPS) is 24.5. The number of amides is 1. The lowest BCUT2D eigenvalue weighted by molar-refractivity contribution is -0.137. The first-order chi connectivity index (χ1) is 17.9. The fourth-order valence-electron chi connectivity index (χ4n) is 4.87. The number of aliphatic hydroxyl groups is 2. The van der Waals surface area contributed by atoms with Gasteiger partial charge in [0.15, 0.2) is 0 Å². The minimum absolute atomic E-state index is 0.100. The smallest absolute Gasteiger partial charge is 0.393 e. The molecule has 0 spiro atoms. The SMILES string of the molecule is CC(C)(O)CO[C@@H]1CN(C2CC(O)C2)C[C@H]1NC(=O)c1cc2c(ccn2-c2ccc(C(F)(F)F)cn2)cn1. The number of nitrogens with one attached hydrogen (secondary N) is 1. The lowest BCUT2D eigenvalue weighted by atomic mass is 9.88. The van der Waals surface area contributed by atoms with E-state index in [1.807, 2.05) is 0 Å². The number of hydrogen-bond acceptors (Lipinski definition) is 7. The minimum atomic E-state index is -4.48. The van der Waals surface area contributed by atoms with Gasteiger partial charge in [0, 0.05) is 43.1 Å². The standard InChI is InChI=1S/C26H30F3N5O4/c1-25(2,37)14-38-22-13-33(17-7-18(35)8-17)12-20(22)32-24(36)19-9-21-15(10-30-19)5-6-34(21)23-4-3-16(11-31-23)26(27,28)29/h3-6,9-11,17-18,20,22,35,37H,7-8,12-14H2,1-2H3,(H,32,36)/t17?,18?,20-,22-/m1/s1. The first kappa shape index (κ1) is 26.5. The van der Waals surface area contributed by atoms with Crippen molar-refractivity contribution in [3.05, 3.63) is 54.1 Å². The predicted molar refractivity (Wildman–Crippen MR) is 132 cm³/mol. The number of carbonyl (C=O) groups is 1. The number of likely N-dealkylation sites (tertiary alicyclic amines) is 1. The van der Waals surface area contributed by atoms with Gasteiger partial charge in [-0.1, -0.05) is 0 Å². The zero-order chi connectivity index (χ0) is 27.2. The molecule has 1 amide bonds. The second-order valence-corrected chi connectivity index (χ2v) is 10.7. The number of fused-ring (bicyclic) bond motifs is 1. The molecule has 4 heterocycles. The van der Waals surface area contributed by atoms with Crippen LogP contribution in [-0.2, 0) is 10.9 Å². The van der Waals surface area contributed by atoms with Crippen LogP contribution in [0.25, 0.3) is 16.7 Å². The van der Waals surface area contributed by atoms with Gasteiger partial charge in [0.1, 0.15) is 11.5 Å². The number of rotatable bonds is 7. The van der Waals surface area contributed by atoms with Crippen LogP contribution < -0.4 is 5.32 Å². The molecule has 204 valence electrons. The summed E-state index contributed by atoms with van der Waals surface area (Å²) in [7, 11) is 0. The van der Waals surface area contributed by atoms with E-state index < -0.39 is 23.2 Å². The second kappa shape index (κ2) is 9.92. The van der Waals surface area contributed by atoms with Crippen LogP contribution in [0.15, 0.2) is 42.9 Å². The first-order valence-electron chi connectivity index (χ1n) is 12.4. The van der Waals surface area contributed by atoms with Crippen molar-refractivity contribution in [3.8, 4) is 5.82 Å². The third kappa shape index (κ3) is 5.68. The monoisotopic (exact) mass is 533 g/mol. The summed E-state index contributed by atoms with van der Waals surface area (Å²) in [6.07, 6.45) is 0.162. The van der Waals surface area contributed by atoms with Crippen LogP contribution in [-0.4, -0.2) is 85.1 Å². The summed E-state index contributed by atoms with van der Waals surface area (Å²) >= 11 is 0. The van der Waals surface area contributed by atoms with Crippen molar-refractivity contribution in [2.24, 2.45) is 0 Å². The summed E-state index contributed by atoms with van der Waals surface area (Å²) in [5.74, 6) is -0.142. The predicted octanol–water partition coefficient (Wildman–Crippen LogP) is 2.53. The van der Waals surface area contributed by atoms with Gasteiger partial charge in [-0.25, -0.2) is 4.98 Å². The Hall–Kier alpha value is -3.06. The molecule has 1 saturated heterocycles. The van der Waals surface area contributed by atoms with Crippen molar-refractivity contribution < 1.29 is 32.9 Å². The molecule has 1 aliphatic carbocycles. The molecule has 1 aliphatic heterocycles. The number of aliphatic hydroxyl groups excluding tert-OH is 1. The molecular formula is C26H30F3N5O4. The molecule has 1 saturated carbocycles. The van der Waals surface area contributed by atoms with Crippen molar-refractivity contribution >= 4 is 16.8 Å². The number of carbonyl (C=O) groups excluding carboxylic acids is 1. The Labute approximate surface area is 217 Å². The van der Waals surface area contributed by atoms with Crippen molar-refractivity contribution in [3.63, 3.8) is 0 Å². The lowest BCUT2D eigenvalue weighted by Crippen LogP contribution is -2.47. The molecule has 3 N–H and O–H groups in total. The molecule has 9 nitrogen and oxygen atoms in total. The first-order valence-corrected chi connectivity index (χ1v) is 12.4. The summed E-state index contributed by atoms with van der Waals surface area (Å²) in [5, 5.41) is 23.5. The van der Waals surface area contributed by atoms with Gasteiger partial charge in [-0.3, -0.25) is 14.7 Å². The molecule has 0 unspecified atom stereocenters. The quantitative estimate of drug-likeness (QED) is 0.428. The van der Waals surface area contributed by atoms with Crippen LogP contribution in [0, 0.1) is 0 Å². The van der Waals surface area contributed by atoms with Crippen LogP contribution in [0.2, 0.25) is 0 Å². The van der Waals surface area contributed by atoms with E-state index in [2.05, 4.69) is 20.2 Å². The number of halogens is 3. The number of alkyl halides is 3. The Morgan fingerprint density at radius 2 is 1.92 bits per heavy atom. The fraction of sp³-hybridized carbons (Fsp3) is 0.500. The molecule has 38 heavy (non-hydrogen) atoms. The average Bonchev–Trinajstić information content (AvgIpc) is 3.43. The number of nitrogens with zero attached hydrogens (tertiary/aromatic N) is 4. The van der Waals surface area contributed by atoms with E-state index in [1.165, 1.54) is 12.3 Å². The number of pyridine rings is 2. The summed E-state index contributed by atoms with van der Waals surface area (Å²) in [5.41, 5.74) is -1.16. The van der Waals surface area contributed by atoms with Crippen LogP contribution in [0.5, 0.6) is 0 Å². The van der Waals surface area contributed by atoms with Crippen molar-refractivity contribution in [1.82, 2.24) is 24.8 Å². The zero-order valence-electron chi connectivity index (χ0n) is 21.0. The van der Waals surface area contributed by atoms with Gasteiger partial charge in [-0.2, -0.15) is 13.2 Å². The molecule has 2 atom stereocenters. The van der Waals surface area contributed by atoms with Crippen LogP contribution >= 0.6 is 0 Å². The van der Waals surface area contributed by atoms with Gasteiger partial charge in [0.2, 0.25) is 0 Å². The van der Waals surface area contributed by atoms with Crippen molar-refractivity contribution in [2.75, 3.05) is 19.7 Å². The number of ether oxygens (including phenoxy) is 1. The maximum atomic E-state index is 13.2. The molecule has 5 rings (SSSR count). The van der Waals surface area contributed by atoms with E-state index in [1.54, 1.807) is 36.7 Å². The van der Waals surface area contributed by atoms with Crippen LogP contribution in [0.3, 0.4) is 0 Å². The lowest BCUT2D eigenvalue weighted by Gasteiger charge is -2.38. The average molecular weight is 534 g/mol. The van der Waals surface area contributed by atoms with Gasteiger partial charge < -0.3 is 24.8 Å². The molecular weight excluding hydrogens is 503 g/mol. The van der Waals surface area contributed by atoms with Gasteiger partial charge in [-0.15, -0.1) is 0 Å². The van der Waals surface area contributed by atoms with E-state index >= 15 is 0 Å². The molecule has 0 radical (unpaired) electrons. The zero-order valence-corrected chi connectivity index (χ0v) is 21.0. The highest BCUT2D eigenvalue weighted by molar-refractivity contribution is 5.96. The van der Waals surface area contributed by atoms with Gasteiger partial charge in [-0.05, 0) is 51.0 Å². The Balaban J connectivity index is 1.34. The molecule has 2 fully saturated rings. The summed E-state index contributed by atoms with van der Waals surface area (Å²) in [6.45, 7) is 4.49. The van der Waals surface area contributed by atoms with Gasteiger partial charge in [0.25, 0.3) is 5.91 Å². The molecule has 3 aromatic rings. The van der Waals surface area contributed by atoms with E-state index in [-0.39, 0.29) is 42.4 Å². The minimum Gasteiger partial charge on any atom is -0.393 e. The number of hydrogen-bond donors (Lipinski definition) is 3. The molecule has 2 aliphatic rings. The molecule has 3 aromatic heterocycles. The van der Waals surface area contributed by atoms with Gasteiger partial charge in [0.05, 0.1) is 41.5 Å². The number of aromatic nitrogens is 3. The summed E-state index contributed by atoms with van der Waals surface area (Å²) in [6, 6.07) is 5.41. The highest BCUT2D eigenvalue weighted by Gasteiger charge is 2.42. The van der Waals surface area contributed by atoms with Gasteiger partial charge >= 0.3 is 6.18 Å². The van der Waals surface area contributed by atoms with E-state index in [0.717, 1.165) is 12.3 Å².